The largest absolute Gasteiger partial charge is 2.00 e. The van der Waals surface area contributed by atoms with Crippen molar-refractivity contribution >= 4 is 7.92 Å². The predicted molar refractivity (Wildman–Crippen MR) is 79.7 cm³/mol. The Morgan fingerprint density at radius 1 is 0.778 bits per heavy atom. The van der Waals surface area contributed by atoms with E-state index in [0.717, 1.165) is 5.66 Å². The van der Waals surface area contributed by atoms with E-state index in [2.05, 4.69) is 41.5 Å². The number of hydrogen-bond donors (Lipinski definition) is 0. The van der Waals surface area contributed by atoms with E-state index in [-0.39, 0.29) is 48.2 Å². The van der Waals surface area contributed by atoms with E-state index in [1.54, 1.807) is 0 Å². The van der Waals surface area contributed by atoms with Crippen LogP contribution in [-0.2, 0) is 20.4 Å². The Hall–Kier alpha value is 1.38. The van der Waals surface area contributed by atoms with Crippen molar-refractivity contribution in [3.63, 3.8) is 0 Å². The molecule has 0 aromatic carbocycles. The molecule has 114 valence electrons. The van der Waals surface area contributed by atoms with Gasteiger partial charge in [0.15, 0.2) is 0 Å². The second kappa shape index (κ2) is 9.34. The van der Waals surface area contributed by atoms with Gasteiger partial charge in [0.05, 0.1) is 0 Å². The third-order valence-corrected chi connectivity index (χ3v) is 7.52. The molecule has 0 aromatic heterocycles. The standard InChI is InChI=1S/C14H29P.CH3.ClH.Pd/c1-13(2,3)15(14(4,5)6)12-10-8-7-9-11-12;;;/h12H,7-11H2,1-6H3;1H3;1H;/q;-1;;+2/p-1. The molecule has 0 amide bonds. The monoisotopic (exact) mass is 384 g/mol. The second-order valence-corrected chi connectivity index (χ2v) is 11.2. The van der Waals surface area contributed by atoms with Gasteiger partial charge in [0.1, 0.15) is 0 Å². The van der Waals surface area contributed by atoms with Crippen LogP contribution in [0.5, 0.6) is 0 Å². The summed E-state index contributed by atoms with van der Waals surface area (Å²) in [5.41, 5.74) is 1.04. The van der Waals surface area contributed by atoms with Gasteiger partial charge in [0.2, 0.25) is 0 Å². The Labute approximate surface area is 137 Å². The zero-order valence-electron chi connectivity index (χ0n) is 13.3. The van der Waals surface area contributed by atoms with Crippen molar-refractivity contribution in [2.24, 2.45) is 0 Å². The van der Waals surface area contributed by atoms with Crippen molar-refractivity contribution in [1.82, 2.24) is 0 Å². The molecule has 1 aliphatic rings. The Balaban J connectivity index is -0.000000750. The summed E-state index contributed by atoms with van der Waals surface area (Å²) in [5.74, 6) is 0. The van der Waals surface area contributed by atoms with E-state index in [4.69, 9.17) is 0 Å². The van der Waals surface area contributed by atoms with Crippen LogP contribution in [0, 0.1) is 7.43 Å². The minimum atomic E-state index is 0. The van der Waals surface area contributed by atoms with Crippen LogP contribution in [0.15, 0.2) is 0 Å². The van der Waals surface area contributed by atoms with Gasteiger partial charge in [0, 0.05) is 0 Å². The first-order valence-electron chi connectivity index (χ1n) is 6.52. The van der Waals surface area contributed by atoms with Crippen LogP contribution in [0.4, 0.5) is 0 Å². The number of hydrogen-bond acceptors (Lipinski definition) is 0. The minimum Gasteiger partial charge on any atom is -1.00 e. The first-order valence-corrected chi connectivity index (χ1v) is 7.93. The molecule has 0 radical (unpaired) electrons. The van der Waals surface area contributed by atoms with Gasteiger partial charge in [-0.05, 0) is 28.8 Å². The summed E-state index contributed by atoms with van der Waals surface area (Å²) in [5, 5.41) is 1.05. The molecule has 0 atom stereocenters. The topological polar surface area (TPSA) is 0 Å². The molecular formula is C15H32ClPPd. The van der Waals surface area contributed by atoms with E-state index in [0.29, 0.717) is 10.3 Å². The smallest absolute Gasteiger partial charge is 1.00 e. The summed E-state index contributed by atoms with van der Waals surface area (Å²) in [4.78, 5) is 0. The van der Waals surface area contributed by atoms with Crippen molar-refractivity contribution in [2.75, 3.05) is 0 Å². The van der Waals surface area contributed by atoms with E-state index in [1.165, 1.54) is 32.1 Å². The molecule has 0 spiro atoms. The van der Waals surface area contributed by atoms with Crippen molar-refractivity contribution in [3.8, 4) is 0 Å². The molecule has 1 aliphatic carbocycles. The van der Waals surface area contributed by atoms with Gasteiger partial charge < -0.3 is 19.8 Å². The molecule has 1 saturated carbocycles. The summed E-state index contributed by atoms with van der Waals surface area (Å²) in [6.45, 7) is 14.7. The Kier molecular flexibility index (Phi) is 12.7. The van der Waals surface area contributed by atoms with Gasteiger partial charge in [0.25, 0.3) is 0 Å². The van der Waals surface area contributed by atoms with Crippen LogP contribution in [0.2, 0.25) is 0 Å². The van der Waals surface area contributed by atoms with Crippen LogP contribution in [0.1, 0.15) is 73.6 Å². The number of halogens is 1. The van der Waals surface area contributed by atoms with Gasteiger partial charge in [-0.1, -0.05) is 68.7 Å². The quantitative estimate of drug-likeness (QED) is 0.370. The normalized spacial score (nSPS) is 17.5. The average Bonchev–Trinajstić information content (AvgIpc) is 2.00. The molecular weight excluding hydrogens is 353 g/mol. The Morgan fingerprint density at radius 2 is 1.11 bits per heavy atom. The maximum Gasteiger partial charge on any atom is 2.00 e. The summed E-state index contributed by atoms with van der Waals surface area (Å²) >= 11 is 0. The van der Waals surface area contributed by atoms with Crippen LogP contribution >= 0.6 is 7.92 Å². The van der Waals surface area contributed by atoms with E-state index < -0.39 is 0 Å². The first-order chi connectivity index (χ1) is 6.73. The van der Waals surface area contributed by atoms with Gasteiger partial charge in [-0.25, -0.2) is 0 Å². The Morgan fingerprint density at radius 3 is 1.39 bits per heavy atom. The van der Waals surface area contributed by atoms with E-state index in [1.807, 2.05) is 0 Å². The SMILES string of the molecule is CC(C)(C)P(C1CCCCC1)C(C)(C)C.[CH3-].[Cl-].[Pd+2]. The maximum atomic E-state index is 2.46. The van der Waals surface area contributed by atoms with E-state index in [9.17, 15) is 0 Å². The molecule has 0 bridgehead atoms. The van der Waals surface area contributed by atoms with Gasteiger partial charge in [-0.2, -0.15) is 0 Å². The van der Waals surface area contributed by atoms with Crippen LogP contribution in [0.3, 0.4) is 0 Å². The molecule has 0 aromatic rings. The fourth-order valence-electron chi connectivity index (χ4n) is 3.44. The molecule has 0 aliphatic heterocycles. The zero-order chi connectivity index (χ0) is 11.7. The van der Waals surface area contributed by atoms with Crippen molar-refractivity contribution in [1.29, 1.82) is 0 Å². The third-order valence-electron chi connectivity index (χ3n) is 3.39. The molecule has 0 heterocycles. The Bertz CT molecular complexity index is 186. The summed E-state index contributed by atoms with van der Waals surface area (Å²) in [7, 11) is 0.139. The molecule has 1 rings (SSSR count). The minimum absolute atomic E-state index is 0. The van der Waals surface area contributed by atoms with Crippen molar-refractivity contribution in [2.45, 2.75) is 89.6 Å². The van der Waals surface area contributed by atoms with Gasteiger partial charge >= 0.3 is 20.4 Å². The fraction of sp³-hybridized carbons (Fsp3) is 0.933. The number of rotatable bonds is 1. The second-order valence-electron chi connectivity index (χ2n) is 7.00. The van der Waals surface area contributed by atoms with Crippen LogP contribution in [0.25, 0.3) is 0 Å². The predicted octanol–water partition coefficient (Wildman–Crippen LogP) is 2.85. The molecule has 0 nitrogen and oxygen atoms in total. The van der Waals surface area contributed by atoms with Gasteiger partial charge in [-0.3, -0.25) is 0 Å². The molecule has 0 N–H and O–H groups in total. The fourth-order valence-corrected chi connectivity index (χ4v) is 8.53. The van der Waals surface area contributed by atoms with E-state index >= 15 is 0 Å². The summed E-state index contributed by atoms with van der Waals surface area (Å²) in [6, 6.07) is 0. The van der Waals surface area contributed by atoms with Gasteiger partial charge in [-0.15, -0.1) is 0 Å². The molecule has 18 heavy (non-hydrogen) atoms. The summed E-state index contributed by atoms with van der Waals surface area (Å²) in [6.07, 6.45) is 7.44. The molecule has 0 saturated heterocycles. The first kappa shape index (κ1) is 24.4. The maximum absolute atomic E-state index is 2.46. The van der Waals surface area contributed by atoms with Crippen molar-refractivity contribution < 1.29 is 32.8 Å². The van der Waals surface area contributed by atoms with Crippen LogP contribution in [-0.4, -0.2) is 16.0 Å². The molecule has 1 fully saturated rings. The zero-order valence-corrected chi connectivity index (χ0v) is 16.5. The summed E-state index contributed by atoms with van der Waals surface area (Å²) < 4.78 is 0. The van der Waals surface area contributed by atoms with Crippen LogP contribution < -0.4 is 12.4 Å². The molecule has 0 unspecified atom stereocenters. The molecule has 3 heteroatoms. The van der Waals surface area contributed by atoms with Crippen molar-refractivity contribution in [3.05, 3.63) is 7.43 Å². The third kappa shape index (κ3) is 7.24. The average molecular weight is 385 g/mol.